The largest absolute Gasteiger partial charge is 0.464 e. The highest BCUT2D eigenvalue weighted by Gasteiger charge is 2.37. The number of ether oxygens (including phenoxy) is 2. The lowest BCUT2D eigenvalue weighted by Crippen LogP contribution is -2.44. The first kappa shape index (κ1) is 28.5. The molecule has 0 spiro atoms. The normalized spacial score (nSPS) is 17.1. The van der Waals surface area contributed by atoms with Crippen molar-refractivity contribution in [2.45, 2.75) is 45.1 Å². The van der Waals surface area contributed by atoms with Gasteiger partial charge in [0.2, 0.25) is 5.91 Å². The number of nitrogens with zero attached hydrogens (tertiary/aromatic N) is 3. The fraction of sp³-hybridized carbons (Fsp3) is 0.824. The van der Waals surface area contributed by atoms with E-state index >= 15 is 0 Å². The molecule has 4 N–H and O–H groups in total. The van der Waals surface area contributed by atoms with Crippen LogP contribution in [0.3, 0.4) is 0 Å². The molecule has 0 aromatic rings. The minimum Gasteiger partial charge on any atom is -0.464 e. The number of carbonyl (C=O) groups is 3. The molecule has 15 heteroatoms. The second kappa shape index (κ2) is 16.1. The van der Waals surface area contributed by atoms with Crippen LogP contribution < -0.4 is 0 Å². The molecule has 1 heterocycles. The Hall–Kier alpha value is -1.56. The molecule has 32 heavy (non-hydrogen) atoms. The smallest absolute Gasteiger partial charge is 0.367 e. The third kappa shape index (κ3) is 11.9. The molecule has 186 valence electrons. The van der Waals surface area contributed by atoms with Crippen molar-refractivity contribution >= 4 is 28.9 Å². The van der Waals surface area contributed by atoms with Crippen molar-refractivity contribution in [2.75, 3.05) is 38.7 Å². The Morgan fingerprint density at radius 3 is 2.22 bits per heavy atom. The molecule has 1 saturated heterocycles. The SMILES string of the molecule is C[C@H](CSC(=O)OCCCON(O)O)C(=O)N1CCC[C@H]1C(=O)OCCCCON(O)O. The number of amides is 1. The van der Waals surface area contributed by atoms with Crippen LogP contribution in [0.1, 0.15) is 39.0 Å². The van der Waals surface area contributed by atoms with Gasteiger partial charge < -0.3 is 14.4 Å². The summed E-state index contributed by atoms with van der Waals surface area (Å²) in [4.78, 5) is 47.0. The van der Waals surface area contributed by atoms with Crippen molar-refractivity contribution in [1.29, 1.82) is 0 Å². The van der Waals surface area contributed by atoms with Crippen LogP contribution >= 0.6 is 11.8 Å². The Morgan fingerprint density at radius 1 is 0.969 bits per heavy atom. The van der Waals surface area contributed by atoms with Gasteiger partial charge in [-0.1, -0.05) is 6.92 Å². The van der Waals surface area contributed by atoms with Crippen LogP contribution in [0.15, 0.2) is 0 Å². The Labute approximate surface area is 189 Å². The molecule has 0 aromatic carbocycles. The van der Waals surface area contributed by atoms with Gasteiger partial charge in [-0.05, 0) is 37.4 Å². The maximum absolute atomic E-state index is 12.7. The van der Waals surface area contributed by atoms with E-state index in [-0.39, 0.29) is 49.9 Å². The van der Waals surface area contributed by atoms with Gasteiger partial charge in [-0.25, -0.2) is 9.59 Å². The van der Waals surface area contributed by atoms with E-state index in [0.29, 0.717) is 32.2 Å². The summed E-state index contributed by atoms with van der Waals surface area (Å²) >= 11 is 0.843. The lowest BCUT2D eigenvalue weighted by atomic mass is 10.1. The summed E-state index contributed by atoms with van der Waals surface area (Å²) < 4.78 is 10.2. The number of unbranched alkanes of at least 4 members (excludes halogenated alkanes) is 1. The number of likely N-dealkylation sites (tertiary alicyclic amines) is 1. The lowest BCUT2D eigenvalue weighted by Gasteiger charge is -2.26. The second-order valence-corrected chi connectivity index (χ2v) is 7.86. The van der Waals surface area contributed by atoms with E-state index in [4.69, 9.17) is 30.3 Å². The molecule has 0 unspecified atom stereocenters. The van der Waals surface area contributed by atoms with Crippen molar-refractivity contribution in [3.8, 4) is 0 Å². The molecule has 1 aliphatic rings. The molecule has 0 bridgehead atoms. The molecule has 14 nitrogen and oxygen atoms in total. The molecule has 1 aliphatic heterocycles. The third-order valence-electron chi connectivity index (χ3n) is 4.39. The highest BCUT2D eigenvalue weighted by Crippen LogP contribution is 2.23. The fourth-order valence-electron chi connectivity index (χ4n) is 2.84. The van der Waals surface area contributed by atoms with Crippen LogP contribution in [-0.2, 0) is 28.7 Å². The Morgan fingerprint density at radius 2 is 1.56 bits per heavy atom. The van der Waals surface area contributed by atoms with Gasteiger partial charge >= 0.3 is 11.3 Å². The summed E-state index contributed by atoms with van der Waals surface area (Å²) in [5, 5.41) is 32.2. The van der Waals surface area contributed by atoms with Gasteiger partial charge in [0.15, 0.2) is 0 Å². The van der Waals surface area contributed by atoms with Crippen LogP contribution in [0.5, 0.6) is 0 Å². The van der Waals surface area contributed by atoms with Gasteiger partial charge in [-0.3, -0.25) is 35.3 Å². The lowest BCUT2D eigenvalue weighted by molar-refractivity contribution is -0.492. The summed E-state index contributed by atoms with van der Waals surface area (Å²) in [7, 11) is 0. The summed E-state index contributed by atoms with van der Waals surface area (Å²) in [6, 6.07) is -0.666. The van der Waals surface area contributed by atoms with Gasteiger partial charge in [0.1, 0.15) is 6.04 Å². The van der Waals surface area contributed by atoms with Gasteiger partial charge in [-0.15, -0.1) is 0 Å². The predicted molar refractivity (Wildman–Crippen MR) is 105 cm³/mol. The van der Waals surface area contributed by atoms with Crippen molar-refractivity contribution < 1.29 is 54.4 Å². The van der Waals surface area contributed by atoms with Crippen molar-refractivity contribution in [3.05, 3.63) is 0 Å². The minimum atomic E-state index is -0.666. The number of esters is 1. The molecule has 0 aliphatic carbocycles. The number of thioether (sulfide) groups is 1. The average molecular weight is 486 g/mol. The van der Waals surface area contributed by atoms with E-state index in [1.165, 1.54) is 4.90 Å². The van der Waals surface area contributed by atoms with Gasteiger partial charge in [0, 0.05) is 24.6 Å². The summed E-state index contributed by atoms with van der Waals surface area (Å²) in [6.07, 6.45) is 2.33. The van der Waals surface area contributed by atoms with Crippen molar-refractivity contribution in [1.82, 2.24) is 15.7 Å². The molecule has 0 saturated carbocycles. The first-order chi connectivity index (χ1) is 15.2. The highest BCUT2D eigenvalue weighted by atomic mass is 32.2. The standard InChI is InChI=1S/C17H31N3O11S/c1-13(12-32-17(23)29-9-5-11-31-20(26)27)15(21)18-7-4-6-14(18)16(22)28-8-2-3-10-30-19(24)25/h13-14,24-27H,2-12H2,1H3/t13-,14+/m1/s1. The maximum atomic E-state index is 12.7. The first-order valence-corrected chi connectivity index (χ1v) is 11.1. The second-order valence-electron chi connectivity index (χ2n) is 6.90. The van der Waals surface area contributed by atoms with Gasteiger partial charge in [0.05, 0.1) is 37.2 Å². The molecule has 1 rings (SSSR count). The Kier molecular flexibility index (Phi) is 14.3. The number of hydrogen-bond acceptors (Lipinski definition) is 14. The average Bonchev–Trinajstić information content (AvgIpc) is 3.23. The van der Waals surface area contributed by atoms with E-state index in [9.17, 15) is 14.4 Å². The highest BCUT2D eigenvalue weighted by molar-refractivity contribution is 8.13. The van der Waals surface area contributed by atoms with Crippen LogP contribution in [0.25, 0.3) is 0 Å². The van der Waals surface area contributed by atoms with E-state index < -0.39 is 28.6 Å². The quantitative estimate of drug-likeness (QED) is 0.148. The molecule has 0 aromatic heterocycles. The van der Waals surface area contributed by atoms with Crippen LogP contribution in [-0.4, -0.2) is 98.5 Å². The number of rotatable bonds is 15. The Balaban J connectivity index is 2.29. The zero-order chi connectivity index (χ0) is 23.9. The van der Waals surface area contributed by atoms with Gasteiger partial charge in [0.25, 0.3) is 0 Å². The maximum Gasteiger partial charge on any atom is 0.367 e. The number of hydrogen-bond donors (Lipinski definition) is 4. The first-order valence-electron chi connectivity index (χ1n) is 10.1. The monoisotopic (exact) mass is 485 g/mol. The van der Waals surface area contributed by atoms with Crippen LogP contribution in [0.2, 0.25) is 0 Å². The summed E-state index contributed by atoms with van der Waals surface area (Å²) in [6.45, 7) is 2.24. The van der Waals surface area contributed by atoms with Crippen LogP contribution in [0.4, 0.5) is 4.79 Å². The Bertz CT molecular complexity index is 582. The van der Waals surface area contributed by atoms with Gasteiger partial charge in [-0.2, -0.15) is 0 Å². The molecule has 0 radical (unpaired) electrons. The summed E-state index contributed by atoms with van der Waals surface area (Å²) in [5.74, 6) is -1.07. The molecule has 2 atom stereocenters. The van der Waals surface area contributed by atoms with Crippen molar-refractivity contribution in [2.24, 2.45) is 5.92 Å². The fourth-order valence-corrected chi connectivity index (χ4v) is 3.54. The predicted octanol–water partition coefficient (Wildman–Crippen LogP) is 1.22. The number of carbonyl (C=O) groups excluding carboxylic acids is 3. The minimum absolute atomic E-state index is 0.0203. The molecule has 1 fully saturated rings. The third-order valence-corrected chi connectivity index (χ3v) is 5.41. The molecular formula is C17H31N3O11S. The van der Waals surface area contributed by atoms with E-state index in [1.807, 2.05) is 0 Å². The van der Waals surface area contributed by atoms with Crippen molar-refractivity contribution in [3.63, 3.8) is 0 Å². The molecule has 1 amide bonds. The van der Waals surface area contributed by atoms with E-state index in [1.54, 1.807) is 6.92 Å². The topological polar surface area (TPSA) is 179 Å². The van der Waals surface area contributed by atoms with E-state index in [0.717, 1.165) is 11.8 Å². The molecular weight excluding hydrogens is 454 g/mol. The zero-order valence-corrected chi connectivity index (χ0v) is 18.6. The van der Waals surface area contributed by atoms with Crippen LogP contribution in [0, 0.1) is 5.92 Å². The van der Waals surface area contributed by atoms with E-state index in [2.05, 4.69) is 9.68 Å². The summed E-state index contributed by atoms with van der Waals surface area (Å²) in [5.41, 5.74) is 0. The zero-order valence-electron chi connectivity index (χ0n) is 17.8.